The van der Waals surface area contributed by atoms with Crippen LogP contribution in [0.1, 0.15) is 44.6 Å². The van der Waals surface area contributed by atoms with Gasteiger partial charge in [0, 0.05) is 18.2 Å². The second kappa shape index (κ2) is 6.24. The molecule has 108 valence electrons. The Bertz CT molecular complexity index is 513. The van der Waals surface area contributed by atoms with Gasteiger partial charge >= 0.3 is 0 Å². The van der Waals surface area contributed by atoms with Crippen molar-refractivity contribution in [3.63, 3.8) is 0 Å². The number of alkyl halides is 1. The van der Waals surface area contributed by atoms with Gasteiger partial charge in [-0.3, -0.25) is 5.10 Å². The first-order valence-corrected chi connectivity index (χ1v) is 8.68. The molecule has 1 saturated heterocycles. The largest absolute Gasteiger partial charge is 0.266 e. The molecule has 7 heteroatoms. The fourth-order valence-electron chi connectivity index (χ4n) is 2.65. The predicted molar refractivity (Wildman–Crippen MR) is 74.6 cm³/mol. The third-order valence-corrected chi connectivity index (χ3v) is 5.84. The van der Waals surface area contributed by atoms with Gasteiger partial charge in [0.05, 0.1) is 12.1 Å². The summed E-state index contributed by atoms with van der Waals surface area (Å²) in [7, 11) is -3.50. The lowest BCUT2D eigenvalue weighted by Gasteiger charge is -2.34. The van der Waals surface area contributed by atoms with E-state index >= 15 is 0 Å². The summed E-state index contributed by atoms with van der Waals surface area (Å²) in [6, 6.07) is 0.107. The van der Waals surface area contributed by atoms with Crippen molar-refractivity contribution in [1.82, 2.24) is 14.5 Å². The third kappa shape index (κ3) is 2.95. The number of H-pyrrole nitrogens is 1. The second-order valence-electron chi connectivity index (χ2n) is 4.91. The zero-order valence-electron chi connectivity index (χ0n) is 11.1. The maximum absolute atomic E-state index is 12.7. The van der Waals surface area contributed by atoms with Gasteiger partial charge < -0.3 is 0 Å². The summed E-state index contributed by atoms with van der Waals surface area (Å²) in [5.41, 5.74) is 0.544. The van der Waals surface area contributed by atoms with Crippen LogP contribution in [0.2, 0.25) is 0 Å². The minimum atomic E-state index is -3.50. The van der Waals surface area contributed by atoms with Gasteiger partial charge in [0.1, 0.15) is 0 Å². The first-order valence-electron chi connectivity index (χ1n) is 6.71. The van der Waals surface area contributed by atoms with Crippen molar-refractivity contribution in [3.8, 4) is 0 Å². The van der Waals surface area contributed by atoms with Gasteiger partial charge in [-0.05, 0) is 19.3 Å². The average Bonchev–Trinajstić information content (AvgIpc) is 2.88. The number of nitrogens with zero attached hydrogens (tertiary/aromatic N) is 2. The molecule has 1 unspecified atom stereocenters. The molecular formula is C12H20ClN3O2S. The van der Waals surface area contributed by atoms with Crippen LogP contribution in [0.15, 0.2) is 11.2 Å². The Labute approximate surface area is 119 Å². The van der Waals surface area contributed by atoms with Crippen molar-refractivity contribution in [3.05, 3.63) is 11.8 Å². The Balaban J connectivity index is 2.31. The number of nitrogens with one attached hydrogen (secondary N) is 1. The van der Waals surface area contributed by atoms with Gasteiger partial charge in [0.2, 0.25) is 0 Å². The van der Waals surface area contributed by atoms with Crippen LogP contribution in [0.25, 0.3) is 0 Å². The lowest BCUT2D eigenvalue weighted by atomic mass is 10.0. The molecular weight excluding hydrogens is 286 g/mol. The van der Waals surface area contributed by atoms with Crippen molar-refractivity contribution in [1.29, 1.82) is 0 Å². The molecule has 1 aliphatic rings. The summed E-state index contributed by atoms with van der Waals surface area (Å²) in [6.45, 7) is 2.67. The number of aromatic nitrogens is 2. The highest BCUT2D eigenvalue weighted by atomic mass is 35.5. The topological polar surface area (TPSA) is 66.1 Å². The summed E-state index contributed by atoms with van der Waals surface area (Å²) < 4.78 is 27.0. The lowest BCUT2D eigenvalue weighted by Crippen LogP contribution is -2.43. The van der Waals surface area contributed by atoms with Crippen molar-refractivity contribution in [2.75, 3.05) is 6.54 Å². The summed E-state index contributed by atoms with van der Waals surface area (Å²) in [5.74, 6) is 0.150. The minimum Gasteiger partial charge on any atom is -0.266 e. The lowest BCUT2D eigenvalue weighted by molar-refractivity contribution is 0.239. The molecule has 0 radical (unpaired) electrons. The van der Waals surface area contributed by atoms with E-state index in [0.717, 1.165) is 32.1 Å². The zero-order valence-corrected chi connectivity index (χ0v) is 12.7. The molecule has 2 heterocycles. The number of halogens is 1. The number of aromatic amines is 1. The Morgan fingerprint density at radius 1 is 1.53 bits per heavy atom. The smallest absolute Gasteiger partial charge is 0.260 e. The van der Waals surface area contributed by atoms with Crippen LogP contribution >= 0.6 is 11.6 Å². The van der Waals surface area contributed by atoms with E-state index in [2.05, 4.69) is 17.1 Å². The summed E-state index contributed by atoms with van der Waals surface area (Å²) >= 11 is 5.77. The molecule has 0 saturated carbocycles. The summed E-state index contributed by atoms with van der Waals surface area (Å²) in [6.07, 6.45) is 6.34. The zero-order chi connectivity index (χ0) is 13.9. The van der Waals surface area contributed by atoms with E-state index in [1.54, 1.807) is 4.31 Å². The maximum atomic E-state index is 12.7. The molecule has 1 aromatic heterocycles. The molecule has 1 atom stereocenters. The fraction of sp³-hybridized carbons (Fsp3) is 0.750. The van der Waals surface area contributed by atoms with E-state index in [1.165, 1.54) is 6.20 Å². The Kier molecular flexibility index (Phi) is 4.86. The molecule has 0 aliphatic carbocycles. The fourth-order valence-corrected chi connectivity index (χ4v) is 4.76. The highest BCUT2D eigenvalue weighted by molar-refractivity contribution is 7.89. The van der Waals surface area contributed by atoms with E-state index in [1.807, 2.05) is 0 Å². The quantitative estimate of drug-likeness (QED) is 0.850. The normalized spacial score (nSPS) is 21.7. The van der Waals surface area contributed by atoms with E-state index in [4.69, 9.17) is 11.6 Å². The van der Waals surface area contributed by atoms with Crippen LogP contribution in [0, 0.1) is 0 Å². The van der Waals surface area contributed by atoms with Crippen LogP contribution in [0.4, 0.5) is 0 Å². The summed E-state index contributed by atoms with van der Waals surface area (Å²) in [5, 5.41) is 6.56. The van der Waals surface area contributed by atoms with Gasteiger partial charge in [-0.25, -0.2) is 8.42 Å². The molecule has 19 heavy (non-hydrogen) atoms. The Morgan fingerprint density at radius 3 is 3.00 bits per heavy atom. The highest BCUT2D eigenvalue weighted by Crippen LogP contribution is 2.28. The average molecular weight is 306 g/mol. The summed E-state index contributed by atoms with van der Waals surface area (Å²) in [4.78, 5) is 0. The van der Waals surface area contributed by atoms with Crippen molar-refractivity contribution in [2.45, 2.75) is 56.0 Å². The Morgan fingerprint density at radius 2 is 2.32 bits per heavy atom. The predicted octanol–water partition coefficient (Wildman–Crippen LogP) is 2.49. The van der Waals surface area contributed by atoms with E-state index < -0.39 is 10.0 Å². The van der Waals surface area contributed by atoms with Gasteiger partial charge in [0.25, 0.3) is 10.0 Å². The molecule has 1 fully saturated rings. The molecule has 1 aromatic rings. The minimum absolute atomic E-state index is 0.107. The standard InChI is InChI=1S/C12H20ClN3O2S/c1-2-5-11-6-3-4-7-16(11)19(17,18)12-10(8-13)9-14-15-12/h9,11H,2-8H2,1H3,(H,14,15). The van der Waals surface area contributed by atoms with Gasteiger partial charge in [-0.2, -0.15) is 9.40 Å². The molecule has 1 N–H and O–H groups in total. The number of hydrogen-bond donors (Lipinski definition) is 1. The SMILES string of the molecule is CCCC1CCCCN1S(=O)(=O)c1[nH]ncc1CCl. The maximum Gasteiger partial charge on any atom is 0.260 e. The molecule has 0 amide bonds. The van der Waals surface area contributed by atoms with Gasteiger partial charge in [-0.15, -0.1) is 11.6 Å². The highest BCUT2D eigenvalue weighted by Gasteiger charge is 2.35. The van der Waals surface area contributed by atoms with Crippen LogP contribution in [0.5, 0.6) is 0 Å². The monoisotopic (exact) mass is 305 g/mol. The molecule has 0 spiro atoms. The van der Waals surface area contributed by atoms with Crippen LogP contribution in [0.3, 0.4) is 0 Å². The van der Waals surface area contributed by atoms with Crippen molar-refractivity contribution in [2.24, 2.45) is 0 Å². The molecule has 1 aliphatic heterocycles. The van der Waals surface area contributed by atoms with Crippen molar-refractivity contribution >= 4 is 21.6 Å². The van der Waals surface area contributed by atoms with Crippen LogP contribution < -0.4 is 0 Å². The number of hydrogen-bond acceptors (Lipinski definition) is 3. The Hall–Kier alpha value is -0.590. The number of piperidine rings is 1. The molecule has 0 aromatic carbocycles. The number of rotatable bonds is 5. The molecule has 2 rings (SSSR count). The number of sulfonamides is 1. The second-order valence-corrected chi connectivity index (χ2v) is 7.01. The van der Waals surface area contributed by atoms with Crippen LogP contribution in [-0.4, -0.2) is 35.5 Å². The first kappa shape index (κ1) is 14.8. The van der Waals surface area contributed by atoms with E-state index in [9.17, 15) is 8.42 Å². The third-order valence-electron chi connectivity index (χ3n) is 3.58. The molecule has 5 nitrogen and oxygen atoms in total. The van der Waals surface area contributed by atoms with Crippen LogP contribution in [-0.2, 0) is 15.9 Å². The van der Waals surface area contributed by atoms with E-state index in [0.29, 0.717) is 12.1 Å². The van der Waals surface area contributed by atoms with Crippen molar-refractivity contribution < 1.29 is 8.42 Å². The van der Waals surface area contributed by atoms with Gasteiger partial charge in [0.15, 0.2) is 5.03 Å². The molecule has 0 bridgehead atoms. The van der Waals surface area contributed by atoms with E-state index in [-0.39, 0.29) is 16.9 Å². The van der Waals surface area contributed by atoms with Gasteiger partial charge in [-0.1, -0.05) is 19.8 Å². The first-order chi connectivity index (χ1) is 9.11.